The highest BCUT2D eigenvalue weighted by atomic mass is 16.4. The van der Waals surface area contributed by atoms with Crippen LogP contribution in [0.15, 0.2) is 18.2 Å². The van der Waals surface area contributed by atoms with Gasteiger partial charge in [-0.2, -0.15) is 0 Å². The Morgan fingerprint density at radius 3 is 2.63 bits per heavy atom. The summed E-state index contributed by atoms with van der Waals surface area (Å²) in [6.07, 6.45) is 3.15. The van der Waals surface area contributed by atoms with Gasteiger partial charge in [-0.05, 0) is 42.5 Å². The highest BCUT2D eigenvalue weighted by molar-refractivity contribution is 5.96. The fraction of sp³-hybridized carbons (Fsp3) is 0.467. The van der Waals surface area contributed by atoms with Crippen LogP contribution in [0.3, 0.4) is 0 Å². The summed E-state index contributed by atoms with van der Waals surface area (Å²) in [6, 6.07) is 5.93. The molecule has 1 amide bonds. The molecule has 102 valence electrons. The topological polar surface area (TPSA) is 66.4 Å². The van der Waals surface area contributed by atoms with E-state index in [4.69, 9.17) is 5.11 Å². The monoisotopic (exact) mass is 261 g/mol. The summed E-state index contributed by atoms with van der Waals surface area (Å²) in [6.45, 7) is 3.29. The van der Waals surface area contributed by atoms with Gasteiger partial charge in [0.25, 0.3) is 0 Å². The second-order valence-corrected chi connectivity index (χ2v) is 5.75. The highest BCUT2D eigenvalue weighted by Crippen LogP contribution is 2.27. The SMILES string of the molecule is CC(C)(CC(=O)O)C(=O)Nc1ccc2c(c1)CCC2. The molecule has 0 saturated heterocycles. The summed E-state index contributed by atoms with van der Waals surface area (Å²) in [4.78, 5) is 22.8. The van der Waals surface area contributed by atoms with Gasteiger partial charge in [0.15, 0.2) is 0 Å². The molecule has 0 heterocycles. The lowest BCUT2D eigenvalue weighted by Crippen LogP contribution is -2.32. The van der Waals surface area contributed by atoms with Crippen molar-refractivity contribution >= 4 is 17.6 Å². The Hall–Kier alpha value is -1.84. The zero-order valence-corrected chi connectivity index (χ0v) is 11.3. The number of nitrogens with one attached hydrogen (secondary N) is 1. The van der Waals surface area contributed by atoms with Crippen LogP contribution in [0.5, 0.6) is 0 Å². The van der Waals surface area contributed by atoms with Crippen molar-refractivity contribution in [2.45, 2.75) is 39.5 Å². The Bertz CT molecular complexity index is 520. The summed E-state index contributed by atoms with van der Waals surface area (Å²) < 4.78 is 0. The third kappa shape index (κ3) is 3.13. The standard InChI is InChI=1S/C15H19NO3/c1-15(2,9-13(17)18)14(19)16-12-7-6-10-4-3-5-11(10)8-12/h6-8H,3-5,9H2,1-2H3,(H,16,19)(H,17,18). The number of carboxylic acids is 1. The summed E-state index contributed by atoms with van der Waals surface area (Å²) in [7, 11) is 0. The number of hydrogen-bond donors (Lipinski definition) is 2. The van der Waals surface area contributed by atoms with E-state index >= 15 is 0 Å². The Kier molecular flexibility index (Phi) is 3.60. The summed E-state index contributed by atoms with van der Waals surface area (Å²) >= 11 is 0. The molecule has 1 aromatic carbocycles. The summed E-state index contributed by atoms with van der Waals surface area (Å²) in [5, 5.41) is 11.6. The smallest absolute Gasteiger partial charge is 0.304 e. The van der Waals surface area contributed by atoms with Gasteiger partial charge >= 0.3 is 5.97 Å². The van der Waals surface area contributed by atoms with Crippen molar-refractivity contribution in [2.75, 3.05) is 5.32 Å². The molecule has 0 aliphatic heterocycles. The normalized spacial score (nSPS) is 14.0. The number of aliphatic carboxylic acids is 1. The lowest BCUT2D eigenvalue weighted by molar-refractivity contribution is -0.142. The number of carbonyl (C=O) groups excluding carboxylic acids is 1. The van der Waals surface area contributed by atoms with Gasteiger partial charge in [0.1, 0.15) is 0 Å². The maximum absolute atomic E-state index is 12.1. The van der Waals surface area contributed by atoms with E-state index in [0.29, 0.717) is 0 Å². The van der Waals surface area contributed by atoms with Crippen molar-refractivity contribution in [2.24, 2.45) is 5.41 Å². The van der Waals surface area contributed by atoms with E-state index < -0.39 is 11.4 Å². The molecule has 1 aliphatic rings. The molecule has 0 saturated carbocycles. The summed E-state index contributed by atoms with van der Waals surface area (Å²) in [5.41, 5.74) is 2.48. The number of anilines is 1. The van der Waals surface area contributed by atoms with Crippen LogP contribution in [-0.2, 0) is 22.4 Å². The molecule has 4 heteroatoms. The molecule has 1 aromatic rings. The number of carboxylic acid groups (broad SMARTS) is 1. The predicted molar refractivity (Wildman–Crippen MR) is 73.1 cm³/mol. The van der Waals surface area contributed by atoms with E-state index in [1.807, 2.05) is 18.2 Å². The Morgan fingerprint density at radius 2 is 1.95 bits per heavy atom. The minimum atomic E-state index is -0.964. The first kappa shape index (κ1) is 13.6. The molecule has 0 bridgehead atoms. The van der Waals surface area contributed by atoms with Crippen LogP contribution < -0.4 is 5.32 Å². The summed E-state index contributed by atoms with van der Waals surface area (Å²) in [5.74, 6) is -1.22. The molecule has 0 fully saturated rings. The second-order valence-electron chi connectivity index (χ2n) is 5.75. The fourth-order valence-corrected chi connectivity index (χ4v) is 2.41. The van der Waals surface area contributed by atoms with Crippen LogP contribution in [0, 0.1) is 5.41 Å². The van der Waals surface area contributed by atoms with Crippen molar-refractivity contribution in [1.29, 1.82) is 0 Å². The first-order valence-corrected chi connectivity index (χ1v) is 6.53. The van der Waals surface area contributed by atoms with Crippen molar-refractivity contribution in [3.63, 3.8) is 0 Å². The molecule has 0 aromatic heterocycles. The molecule has 0 spiro atoms. The molecule has 2 rings (SSSR count). The molecule has 0 radical (unpaired) electrons. The molecular weight excluding hydrogens is 242 g/mol. The van der Waals surface area contributed by atoms with Crippen LogP contribution in [0.2, 0.25) is 0 Å². The predicted octanol–water partition coefficient (Wildman–Crippen LogP) is 2.61. The van der Waals surface area contributed by atoms with Gasteiger partial charge in [-0.1, -0.05) is 19.9 Å². The fourth-order valence-electron chi connectivity index (χ4n) is 2.41. The zero-order chi connectivity index (χ0) is 14.0. The van der Waals surface area contributed by atoms with E-state index in [1.165, 1.54) is 11.1 Å². The van der Waals surface area contributed by atoms with Gasteiger partial charge in [0, 0.05) is 5.69 Å². The second kappa shape index (κ2) is 5.03. The maximum atomic E-state index is 12.1. The van der Waals surface area contributed by atoms with Crippen molar-refractivity contribution in [1.82, 2.24) is 0 Å². The minimum absolute atomic E-state index is 0.177. The van der Waals surface area contributed by atoms with Gasteiger partial charge in [-0.25, -0.2) is 0 Å². The van der Waals surface area contributed by atoms with Gasteiger partial charge in [-0.15, -0.1) is 0 Å². The molecular formula is C15H19NO3. The van der Waals surface area contributed by atoms with E-state index in [0.717, 1.165) is 24.9 Å². The first-order valence-electron chi connectivity index (χ1n) is 6.53. The lowest BCUT2D eigenvalue weighted by Gasteiger charge is -2.21. The molecule has 2 N–H and O–H groups in total. The van der Waals surface area contributed by atoms with Crippen LogP contribution in [-0.4, -0.2) is 17.0 Å². The van der Waals surface area contributed by atoms with Gasteiger partial charge in [0.2, 0.25) is 5.91 Å². The van der Waals surface area contributed by atoms with Gasteiger partial charge in [0.05, 0.1) is 11.8 Å². The zero-order valence-electron chi connectivity index (χ0n) is 11.3. The third-order valence-corrected chi connectivity index (χ3v) is 3.56. The average molecular weight is 261 g/mol. The van der Waals surface area contributed by atoms with E-state index in [-0.39, 0.29) is 12.3 Å². The molecule has 0 unspecified atom stereocenters. The molecule has 19 heavy (non-hydrogen) atoms. The Morgan fingerprint density at radius 1 is 1.26 bits per heavy atom. The van der Waals surface area contributed by atoms with Gasteiger partial charge in [-0.3, -0.25) is 9.59 Å². The maximum Gasteiger partial charge on any atom is 0.304 e. The number of rotatable bonds is 4. The lowest BCUT2D eigenvalue weighted by atomic mass is 9.88. The number of carbonyl (C=O) groups is 2. The Labute approximate surface area is 112 Å². The number of fused-ring (bicyclic) bond motifs is 1. The van der Waals surface area contributed by atoms with Crippen LogP contribution in [0.4, 0.5) is 5.69 Å². The van der Waals surface area contributed by atoms with E-state index in [1.54, 1.807) is 13.8 Å². The molecule has 4 nitrogen and oxygen atoms in total. The van der Waals surface area contributed by atoms with Crippen molar-refractivity contribution < 1.29 is 14.7 Å². The van der Waals surface area contributed by atoms with Crippen LogP contribution >= 0.6 is 0 Å². The van der Waals surface area contributed by atoms with E-state index in [2.05, 4.69) is 5.32 Å². The Balaban J connectivity index is 2.08. The quantitative estimate of drug-likeness (QED) is 0.875. The largest absolute Gasteiger partial charge is 0.481 e. The third-order valence-electron chi connectivity index (χ3n) is 3.56. The molecule has 0 atom stereocenters. The van der Waals surface area contributed by atoms with E-state index in [9.17, 15) is 9.59 Å². The van der Waals surface area contributed by atoms with Crippen molar-refractivity contribution in [3.05, 3.63) is 29.3 Å². The average Bonchev–Trinajstić information content (AvgIpc) is 2.74. The van der Waals surface area contributed by atoms with Gasteiger partial charge < -0.3 is 10.4 Å². The number of amides is 1. The number of benzene rings is 1. The van der Waals surface area contributed by atoms with Crippen molar-refractivity contribution in [3.8, 4) is 0 Å². The molecule has 1 aliphatic carbocycles. The number of aryl methyl sites for hydroxylation is 2. The highest BCUT2D eigenvalue weighted by Gasteiger charge is 2.30. The number of hydrogen-bond acceptors (Lipinski definition) is 2. The van der Waals surface area contributed by atoms with Crippen LogP contribution in [0.1, 0.15) is 37.8 Å². The minimum Gasteiger partial charge on any atom is -0.481 e. The first-order chi connectivity index (χ1) is 8.88. The van der Waals surface area contributed by atoms with Crippen LogP contribution in [0.25, 0.3) is 0 Å².